The van der Waals surface area contributed by atoms with E-state index in [-0.39, 0.29) is 22.9 Å². The second-order valence-corrected chi connectivity index (χ2v) is 9.26. The number of carbonyl (C=O) groups is 1. The second-order valence-electron chi connectivity index (χ2n) is 7.55. The van der Waals surface area contributed by atoms with Crippen LogP contribution in [0.5, 0.6) is 0 Å². The van der Waals surface area contributed by atoms with Crippen molar-refractivity contribution in [2.45, 2.75) is 76.4 Å². The molecule has 1 aromatic rings. The van der Waals surface area contributed by atoms with Gasteiger partial charge >= 0.3 is 0 Å². The number of benzene rings is 1. The molecule has 0 aliphatic heterocycles. The Kier molecular flexibility index (Phi) is 7.20. The Morgan fingerprint density at radius 2 is 1.69 bits per heavy atom. The predicted molar refractivity (Wildman–Crippen MR) is 105 cm³/mol. The van der Waals surface area contributed by atoms with Crippen molar-refractivity contribution in [2.75, 3.05) is 5.32 Å². The molecule has 0 aromatic heterocycles. The Labute approximate surface area is 157 Å². The number of hydrogen-bond acceptors (Lipinski definition) is 4. The maximum Gasteiger partial charge on any atom is 0.241 e. The number of hydrogen-bond donors (Lipinski definition) is 3. The second kappa shape index (κ2) is 8.97. The molecule has 26 heavy (non-hydrogen) atoms. The minimum atomic E-state index is -3.52. The Morgan fingerprint density at radius 1 is 1.08 bits per heavy atom. The lowest BCUT2D eigenvalue weighted by atomic mass is 9.85. The molecule has 1 aliphatic carbocycles. The maximum absolute atomic E-state index is 12.4. The molecule has 1 fully saturated rings. The molecule has 0 unspecified atom stereocenters. The minimum absolute atomic E-state index is 0.112. The molecule has 1 aromatic carbocycles. The fourth-order valence-electron chi connectivity index (χ4n) is 3.31. The number of anilines is 1. The van der Waals surface area contributed by atoms with Gasteiger partial charge in [-0.25, -0.2) is 13.1 Å². The van der Waals surface area contributed by atoms with Crippen molar-refractivity contribution in [3.05, 3.63) is 24.3 Å². The summed E-state index contributed by atoms with van der Waals surface area (Å²) in [6.45, 7) is 7.63. The molecule has 0 heterocycles. The summed E-state index contributed by atoms with van der Waals surface area (Å²) in [6.07, 6.45) is 4.78. The highest BCUT2D eigenvalue weighted by molar-refractivity contribution is 7.89. The van der Waals surface area contributed by atoms with Crippen LogP contribution in [0.2, 0.25) is 0 Å². The van der Waals surface area contributed by atoms with Gasteiger partial charge in [-0.15, -0.1) is 0 Å². The van der Waals surface area contributed by atoms with E-state index in [0.29, 0.717) is 17.6 Å². The molecule has 3 atom stereocenters. The van der Waals surface area contributed by atoms with Crippen molar-refractivity contribution < 1.29 is 13.2 Å². The Bertz CT molecular complexity index is 701. The van der Waals surface area contributed by atoms with Gasteiger partial charge in [0.2, 0.25) is 15.9 Å². The third kappa shape index (κ3) is 5.79. The summed E-state index contributed by atoms with van der Waals surface area (Å²) in [5.41, 5.74) is 0.587. The first-order chi connectivity index (χ1) is 12.2. The molecule has 0 spiro atoms. The van der Waals surface area contributed by atoms with E-state index in [1.54, 1.807) is 26.0 Å². The molecule has 1 amide bonds. The summed E-state index contributed by atoms with van der Waals surface area (Å²) in [7, 11) is -3.52. The van der Waals surface area contributed by atoms with E-state index >= 15 is 0 Å². The van der Waals surface area contributed by atoms with Gasteiger partial charge in [-0.2, -0.15) is 0 Å². The van der Waals surface area contributed by atoms with Gasteiger partial charge in [0.05, 0.1) is 10.9 Å². The molecule has 0 bridgehead atoms. The molecule has 7 heteroatoms. The highest BCUT2D eigenvalue weighted by atomic mass is 32.2. The number of rotatable bonds is 7. The first-order valence-electron chi connectivity index (χ1n) is 9.38. The SMILES string of the molecule is CC(C)NS(=O)(=O)c1ccc(NC(=O)[C@H](C)N[C@@H]2CCCC[C@@H]2C)cc1. The molecule has 2 rings (SSSR count). The first kappa shape index (κ1) is 20.9. The minimum Gasteiger partial charge on any atom is -0.325 e. The van der Waals surface area contributed by atoms with E-state index < -0.39 is 10.0 Å². The lowest BCUT2D eigenvalue weighted by molar-refractivity contribution is -0.118. The van der Waals surface area contributed by atoms with E-state index in [0.717, 1.165) is 6.42 Å². The van der Waals surface area contributed by atoms with Gasteiger partial charge in [-0.1, -0.05) is 19.8 Å². The summed E-state index contributed by atoms with van der Waals surface area (Å²) in [5, 5.41) is 6.28. The number of carbonyl (C=O) groups excluding carboxylic acids is 1. The summed E-state index contributed by atoms with van der Waals surface area (Å²) in [6, 6.07) is 6.13. The normalized spacial score (nSPS) is 22.2. The van der Waals surface area contributed by atoms with E-state index in [4.69, 9.17) is 0 Å². The fourth-order valence-corrected chi connectivity index (χ4v) is 4.56. The van der Waals surface area contributed by atoms with Crippen LogP contribution in [0.1, 0.15) is 53.4 Å². The topological polar surface area (TPSA) is 87.3 Å². The average molecular weight is 382 g/mol. The lowest BCUT2D eigenvalue weighted by Crippen LogP contribution is -2.47. The average Bonchev–Trinajstić information content (AvgIpc) is 2.56. The highest BCUT2D eigenvalue weighted by Gasteiger charge is 2.25. The van der Waals surface area contributed by atoms with Gasteiger partial charge in [-0.3, -0.25) is 4.79 Å². The Hall–Kier alpha value is -1.44. The predicted octanol–water partition coefficient (Wildman–Crippen LogP) is 2.87. The van der Waals surface area contributed by atoms with Crippen LogP contribution in [0.4, 0.5) is 5.69 Å². The van der Waals surface area contributed by atoms with Crippen LogP contribution in [0.3, 0.4) is 0 Å². The van der Waals surface area contributed by atoms with Gasteiger partial charge in [0.15, 0.2) is 0 Å². The summed E-state index contributed by atoms with van der Waals surface area (Å²) < 4.78 is 26.8. The third-order valence-corrected chi connectivity index (χ3v) is 6.47. The van der Waals surface area contributed by atoms with Gasteiger partial charge in [0, 0.05) is 17.8 Å². The van der Waals surface area contributed by atoms with Crippen molar-refractivity contribution in [1.29, 1.82) is 0 Å². The number of sulfonamides is 1. The van der Waals surface area contributed by atoms with Crippen molar-refractivity contribution in [2.24, 2.45) is 5.92 Å². The van der Waals surface area contributed by atoms with E-state index in [1.165, 1.54) is 31.4 Å². The molecule has 1 saturated carbocycles. The van der Waals surface area contributed by atoms with Crippen LogP contribution in [-0.4, -0.2) is 32.5 Å². The van der Waals surface area contributed by atoms with Gasteiger partial charge in [0.25, 0.3) is 0 Å². The van der Waals surface area contributed by atoms with E-state index in [1.807, 2.05) is 6.92 Å². The summed E-state index contributed by atoms with van der Waals surface area (Å²) in [4.78, 5) is 12.6. The van der Waals surface area contributed by atoms with Crippen LogP contribution in [-0.2, 0) is 14.8 Å². The fraction of sp³-hybridized carbons (Fsp3) is 0.632. The molecule has 0 radical (unpaired) electrons. The number of nitrogens with one attached hydrogen (secondary N) is 3. The quantitative estimate of drug-likeness (QED) is 0.678. The molecule has 6 nitrogen and oxygen atoms in total. The monoisotopic (exact) mass is 381 g/mol. The van der Waals surface area contributed by atoms with Crippen molar-refractivity contribution in [3.8, 4) is 0 Å². The van der Waals surface area contributed by atoms with Crippen molar-refractivity contribution in [1.82, 2.24) is 10.0 Å². The maximum atomic E-state index is 12.4. The van der Waals surface area contributed by atoms with Crippen LogP contribution >= 0.6 is 0 Å². The van der Waals surface area contributed by atoms with Gasteiger partial charge < -0.3 is 10.6 Å². The molecule has 3 N–H and O–H groups in total. The molecule has 1 aliphatic rings. The van der Waals surface area contributed by atoms with Gasteiger partial charge in [0.1, 0.15) is 0 Å². The van der Waals surface area contributed by atoms with E-state index in [2.05, 4.69) is 22.3 Å². The van der Waals surface area contributed by atoms with Crippen molar-refractivity contribution >= 4 is 21.6 Å². The van der Waals surface area contributed by atoms with Crippen molar-refractivity contribution in [3.63, 3.8) is 0 Å². The molecular weight excluding hydrogens is 350 g/mol. The Balaban J connectivity index is 1.94. The summed E-state index contributed by atoms with van der Waals surface area (Å²) >= 11 is 0. The molecular formula is C19H31N3O3S. The molecule has 0 saturated heterocycles. The summed E-state index contributed by atoms with van der Waals surface area (Å²) in [5.74, 6) is 0.468. The third-order valence-electron chi connectivity index (χ3n) is 4.79. The van der Waals surface area contributed by atoms with Crippen LogP contribution in [0.15, 0.2) is 29.2 Å². The standard InChI is InChI=1S/C19H31N3O3S/c1-13(2)22-26(24,25)17-11-9-16(10-12-17)21-19(23)15(4)20-18-8-6-5-7-14(18)3/h9-15,18,20,22H,5-8H2,1-4H3,(H,21,23)/t14-,15-,18+/m0/s1. The van der Waals surface area contributed by atoms with Crippen LogP contribution in [0.25, 0.3) is 0 Å². The zero-order valence-corrected chi connectivity index (χ0v) is 16.9. The Morgan fingerprint density at radius 3 is 2.27 bits per heavy atom. The molecule has 146 valence electrons. The van der Waals surface area contributed by atoms with Gasteiger partial charge in [-0.05, 0) is 63.8 Å². The van der Waals surface area contributed by atoms with Crippen LogP contribution in [0, 0.1) is 5.92 Å². The smallest absolute Gasteiger partial charge is 0.241 e. The largest absolute Gasteiger partial charge is 0.325 e. The van der Waals surface area contributed by atoms with E-state index in [9.17, 15) is 13.2 Å². The zero-order valence-electron chi connectivity index (χ0n) is 16.1. The zero-order chi connectivity index (χ0) is 19.3. The van der Waals surface area contributed by atoms with Crippen LogP contribution < -0.4 is 15.4 Å². The lowest BCUT2D eigenvalue weighted by Gasteiger charge is -2.31. The highest BCUT2D eigenvalue weighted by Crippen LogP contribution is 2.24. The first-order valence-corrected chi connectivity index (χ1v) is 10.9. The number of amides is 1.